The number of rotatable bonds is 9. The van der Waals surface area contributed by atoms with Gasteiger partial charge >= 0.3 is 5.97 Å². The molecule has 1 unspecified atom stereocenters. The van der Waals surface area contributed by atoms with Crippen LogP contribution in [0.1, 0.15) is 39.0 Å². The molecule has 1 N–H and O–H groups in total. The zero-order chi connectivity index (χ0) is 13.0. The Morgan fingerprint density at radius 3 is 2.72 bits per heavy atom. The lowest BCUT2D eigenvalue weighted by Gasteiger charge is -2.19. The normalized spacial score (nSPS) is 22.6. The van der Waals surface area contributed by atoms with E-state index in [1.54, 1.807) is 0 Å². The molecule has 0 aromatic heterocycles. The van der Waals surface area contributed by atoms with Crippen LogP contribution in [0.2, 0.25) is 0 Å². The van der Waals surface area contributed by atoms with Crippen molar-refractivity contribution in [3.63, 3.8) is 0 Å². The van der Waals surface area contributed by atoms with Gasteiger partial charge in [-0.25, -0.2) is 0 Å². The lowest BCUT2D eigenvalue weighted by molar-refractivity contribution is -0.141. The Kier molecular flexibility index (Phi) is 4.96. The molecule has 2 aliphatic carbocycles. The minimum atomic E-state index is -0.0430. The van der Waals surface area contributed by atoms with E-state index in [1.165, 1.54) is 38.5 Å². The lowest BCUT2D eigenvalue weighted by Crippen LogP contribution is -2.33. The van der Waals surface area contributed by atoms with Crippen LogP contribution in [0.5, 0.6) is 0 Å². The van der Waals surface area contributed by atoms with Crippen LogP contribution in [0, 0.1) is 11.3 Å². The van der Waals surface area contributed by atoms with Gasteiger partial charge in [0.2, 0.25) is 0 Å². The highest BCUT2D eigenvalue weighted by Crippen LogP contribution is 2.51. The highest BCUT2D eigenvalue weighted by atomic mass is 32.2. The zero-order valence-electron chi connectivity index (χ0n) is 11.5. The summed E-state index contributed by atoms with van der Waals surface area (Å²) in [5.41, 5.74) is 0.276. The second-order valence-electron chi connectivity index (χ2n) is 5.77. The summed E-state index contributed by atoms with van der Waals surface area (Å²) in [5.74, 6) is 3.18. The Morgan fingerprint density at radius 1 is 1.50 bits per heavy atom. The average molecular weight is 271 g/mol. The molecule has 0 bridgehead atoms. The van der Waals surface area contributed by atoms with E-state index >= 15 is 0 Å². The molecular weight excluding hydrogens is 246 g/mol. The van der Waals surface area contributed by atoms with Crippen molar-refractivity contribution >= 4 is 17.7 Å². The fourth-order valence-electron chi connectivity index (χ4n) is 2.45. The Bertz CT molecular complexity index is 288. The van der Waals surface area contributed by atoms with Crippen molar-refractivity contribution in [3.05, 3.63) is 0 Å². The summed E-state index contributed by atoms with van der Waals surface area (Å²) >= 11 is 2.02. The van der Waals surface area contributed by atoms with Crippen molar-refractivity contribution in [2.75, 3.05) is 25.2 Å². The van der Waals surface area contributed by atoms with Crippen LogP contribution in [-0.4, -0.2) is 37.2 Å². The van der Waals surface area contributed by atoms with Crippen LogP contribution in [0.25, 0.3) is 0 Å². The number of ether oxygens (including phenoxy) is 1. The molecule has 0 spiro atoms. The predicted octanol–water partition coefficient (Wildman–Crippen LogP) is 2.45. The quantitative estimate of drug-likeness (QED) is 0.654. The predicted molar refractivity (Wildman–Crippen MR) is 75.8 cm³/mol. The third-order valence-corrected chi connectivity index (χ3v) is 5.48. The molecular formula is C14H25NO2S. The number of hydrogen-bond acceptors (Lipinski definition) is 4. The van der Waals surface area contributed by atoms with Crippen LogP contribution < -0.4 is 5.32 Å². The molecule has 2 rings (SSSR count). The Balaban J connectivity index is 1.66. The third kappa shape index (κ3) is 4.16. The van der Waals surface area contributed by atoms with Gasteiger partial charge in [0, 0.05) is 11.8 Å². The molecule has 0 aromatic rings. The van der Waals surface area contributed by atoms with Crippen LogP contribution in [0.3, 0.4) is 0 Å². The van der Waals surface area contributed by atoms with Crippen molar-refractivity contribution in [3.8, 4) is 0 Å². The first-order chi connectivity index (χ1) is 8.69. The van der Waals surface area contributed by atoms with Gasteiger partial charge in [-0.3, -0.25) is 4.79 Å². The molecule has 2 saturated carbocycles. The van der Waals surface area contributed by atoms with Crippen LogP contribution in [0.15, 0.2) is 0 Å². The first kappa shape index (κ1) is 14.2. The number of esters is 1. The summed E-state index contributed by atoms with van der Waals surface area (Å²) in [5, 5.41) is 3.59. The fraction of sp³-hybridized carbons (Fsp3) is 0.929. The van der Waals surface area contributed by atoms with E-state index in [0.717, 1.165) is 18.2 Å². The highest BCUT2D eigenvalue weighted by Gasteiger charge is 2.44. The van der Waals surface area contributed by atoms with E-state index in [-0.39, 0.29) is 11.4 Å². The molecule has 2 aliphatic rings. The highest BCUT2D eigenvalue weighted by molar-refractivity contribution is 7.99. The molecule has 0 aromatic carbocycles. The standard InChI is InChI=1S/C14H25NO2S/c1-3-15-12(11-4-5-11)9-18-10-14(6-7-14)8-13(16)17-2/h11-12,15H,3-10H2,1-2H3. The molecule has 2 fully saturated rings. The SMILES string of the molecule is CCNC(CSCC1(CC(=O)OC)CC1)C1CC1. The number of carbonyl (C=O) groups excluding carboxylic acids is 1. The van der Waals surface area contributed by atoms with E-state index in [9.17, 15) is 4.79 Å². The van der Waals surface area contributed by atoms with E-state index in [4.69, 9.17) is 4.74 Å². The zero-order valence-corrected chi connectivity index (χ0v) is 12.4. The molecule has 0 radical (unpaired) electrons. The van der Waals surface area contributed by atoms with Gasteiger partial charge in [-0.15, -0.1) is 0 Å². The van der Waals surface area contributed by atoms with Crippen molar-refractivity contribution in [2.24, 2.45) is 11.3 Å². The van der Waals surface area contributed by atoms with E-state index < -0.39 is 0 Å². The molecule has 0 saturated heterocycles. The maximum Gasteiger partial charge on any atom is 0.306 e. The topological polar surface area (TPSA) is 38.3 Å². The molecule has 0 aliphatic heterocycles. The van der Waals surface area contributed by atoms with Crippen molar-refractivity contribution in [1.29, 1.82) is 0 Å². The summed E-state index contributed by atoms with van der Waals surface area (Å²) in [7, 11) is 1.49. The molecule has 0 amide bonds. The Labute approximate surface area is 114 Å². The monoisotopic (exact) mass is 271 g/mol. The summed E-state index contributed by atoms with van der Waals surface area (Å²) in [6.07, 6.45) is 5.80. The van der Waals surface area contributed by atoms with Crippen LogP contribution >= 0.6 is 11.8 Å². The summed E-state index contributed by atoms with van der Waals surface area (Å²) in [6.45, 7) is 3.24. The Hall–Kier alpha value is -0.220. The first-order valence-electron chi connectivity index (χ1n) is 7.07. The van der Waals surface area contributed by atoms with Gasteiger partial charge in [0.1, 0.15) is 0 Å². The third-order valence-electron chi connectivity index (χ3n) is 4.07. The molecule has 1 atom stereocenters. The smallest absolute Gasteiger partial charge is 0.306 e. The van der Waals surface area contributed by atoms with E-state index in [1.807, 2.05) is 11.8 Å². The average Bonchev–Trinajstić information content (AvgIpc) is 3.23. The van der Waals surface area contributed by atoms with Crippen molar-refractivity contribution < 1.29 is 9.53 Å². The van der Waals surface area contributed by atoms with E-state index in [2.05, 4.69) is 12.2 Å². The van der Waals surface area contributed by atoms with Gasteiger partial charge in [-0.2, -0.15) is 11.8 Å². The van der Waals surface area contributed by atoms with Gasteiger partial charge in [0.05, 0.1) is 13.5 Å². The van der Waals surface area contributed by atoms with Gasteiger partial charge in [-0.1, -0.05) is 6.92 Å². The molecule has 18 heavy (non-hydrogen) atoms. The largest absolute Gasteiger partial charge is 0.469 e. The number of nitrogens with one attached hydrogen (secondary N) is 1. The number of carbonyl (C=O) groups is 1. The summed E-state index contributed by atoms with van der Waals surface area (Å²) in [4.78, 5) is 11.3. The van der Waals surface area contributed by atoms with Crippen molar-refractivity contribution in [2.45, 2.75) is 45.1 Å². The van der Waals surface area contributed by atoms with Gasteiger partial charge < -0.3 is 10.1 Å². The molecule has 3 nitrogen and oxygen atoms in total. The minimum Gasteiger partial charge on any atom is -0.469 e. The number of thioether (sulfide) groups is 1. The van der Waals surface area contributed by atoms with E-state index in [0.29, 0.717) is 12.5 Å². The van der Waals surface area contributed by atoms with Crippen LogP contribution in [-0.2, 0) is 9.53 Å². The first-order valence-corrected chi connectivity index (χ1v) is 8.22. The summed E-state index contributed by atoms with van der Waals surface area (Å²) < 4.78 is 4.78. The van der Waals surface area contributed by atoms with Gasteiger partial charge in [-0.05, 0) is 49.3 Å². The van der Waals surface area contributed by atoms with Crippen molar-refractivity contribution in [1.82, 2.24) is 5.32 Å². The second kappa shape index (κ2) is 6.29. The second-order valence-corrected chi connectivity index (χ2v) is 6.80. The number of methoxy groups -OCH3 is 1. The van der Waals surface area contributed by atoms with Gasteiger partial charge in [0.15, 0.2) is 0 Å². The number of hydrogen-bond donors (Lipinski definition) is 1. The maximum absolute atomic E-state index is 11.3. The fourth-order valence-corrected chi connectivity index (χ4v) is 4.04. The summed E-state index contributed by atoms with van der Waals surface area (Å²) in [6, 6.07) is 0.689. The Morgan fingerprint density at radius 2 is 2.22 bits per heavy atom. The molecule has 0 heterocycles. The lowest BCUT2D eigenvalue weighted by atomic mass is 10.1. The molecule has 4 heteroatoms. The minimum absolute atomic E-state index is 0.0430. The van der Waals surface area contributed by atoms with Gasteiger partial charge in [0.25, 0.3) is 0 Å². The van der Waals surface area contributed by atoms with Crippen LogP contribution in [0.4, 0.5) is 0 Å². The molecule has 104 valence electrons. The maximum atomic E-state index is 11.3.